The Balaban J connectivity index is 2.81. The molecule has 0 aliphatic heterocycles. The van der Waals surface area contributed by atoms with Gasteiger partial charge in [-0.3, -0.25) is 0 Å². The Morgan fingerprint density at radius 1 is 1.11 bits per heavy atom. The van der Waals surface area contributed by atoms with Crippen molar-refractivity contribution in [3.63, 3.8) is 0 Å². The van der Waals surface area contributed by atoms with Gasteiger partial charge >= 0.3 is 0 Å². The highest BCUT2D eigenvalue weighted by atomic mass is 15.2. The first-order valence-electron chi connectivity index (χ1n) is 7.37. The third-order valence-corrected chi connectivity index (χ3v) is 3.32. The molecule has 0 aliphatic carbocycles. The number of pyridine rings is 1. The minimum atomic E-state index is 0.718. The summed E-state index contributed by atoms with van der Waals surface area (Å²) in [6, 6.07) is 2.01. The highest BCUT2D eigenvalue weighted by Crippen LogP contribution is 2.21. The third kappa shape index (κ3) is 5.50. The number of aromatic nitrogens is 1. The van der Waals surface area contributed by atoms with Crippen LogP contribution in [0.5, 0.6) is 0 Å². The molecule has 0 unspecified atom stereocenters. The molecule has 0 bridgehead atoms. The van der Waals surface area contributed by atoms with Crippen molar-refractivity contribution in [1.29, 1.82) is 0 Å². The molecule has 0 atom stereocenters. The number of nitrogen functional groups attached to an aromatic ring is 1. The van der Waals surface area contributed by atoms with Crippen LogP contribution in [0.3, 0.4) is 0 Å². The lowest BCUT2D eigenvalue weighted by atomic mass is 10.1. The lowest BCUT2D eigenvalue weighted by molar-refractivity contribution is 0.532. The van der Waals surface area contributed by atoms with Gasteiger partial charge in [0.25, 0.3) is 0 Å². The minimum Gasteiger partial charge on any atom is -0.397 e. The predicted octanol–water partition coefficient (Wildman–Crippen LogP) is 3.87. The Morgan fingerprint density at radius 3 is 2.05 bits per heavy atom. The van der Waals surface area contributed by atoms with E-state index < -0.39 is 0 Å². The molecule has 2 N–H and O–H groups in total. The predicted molar refractivity (Wildman–Crippen MR) is 84.5 cm³/mol. The lowest BCUT2D eigenvalue weighted by Gasteiger charge is -2.27. The molecule has 3 heteroatoms. The van der Waals surface area contributed by atoms with Gasteiger partial charge in [0.15, 0.2) is 0 Å². The molecule has 3 nitrogen and oxygen atoms in total. The van der Waals surface area contributed by atoms with Gasteiger partial charge in [-0.1, -0.05) is 27.7 Å². The molecule has 0 radical (unpaired) electrons. The van der Waals surface area contributed by atoms with Crippen molar-refractivity contribution in [3.05, 3.63) is 17.8 Å². The second-order valence-electron chi connectivity index (χ2n) is 6.26. The molecule has 1 rings (SSSR count). The molecule has 108 valence electrons. The fraction of sp³-hybridized carbons (Fsp3) is 0.688. The molecule has 0 spiro atoms. The van der Waals surface area contributed by atoms with Gasteiger partial charge in [-0.2, -0.15) is 0 Å². The van der Waals surface area contributed by atoms with Crippen LogP contribution in [0.4, 0.5) is 11.5 Å². The molecule has 19 heavy (non-hydrogen) atoms. The molecule has 0 fully saturated rings. The fourth-order valence-electron chi connectivity index (χ4n) is 2.07. The smallest absolute Gasteiger partial charge is 0.131 e. The Labute approximate surface area is 118 Å². The van der Waals surface area contributed by atoms with Crippen LogP contribution in [0.1, 0.15) is 46.1 Å². The summed E-state index contributed by atoms with van der Waals surface area (Å²) < 4.78 is 0. The maximum Gasteiger partial charge on any atom is 0.131 e. The van der Waals surface area contributed by atoms with E-state index in [1.54, 1.807) is 6.20 Å². The quantitative estimate of drug-likeness (QED) is 0.812. The maximum absolute atomic E-state index is 5.79. The summed E-state index contributed by atoms with van der Waals surface area (Å²) in [4.78, 5) is 6.95. The molecule has 0 aliphatic rings. The van der Waals surface area contributed by atoms with Gasteiger partial charge in [-0.25, -0.2) is 4.98 Å². The number of nitrogens with zero attached hydrogens (tertiary/aromatic N) is 2. The average Bonchev–Trinajstić information content (AvgIpc) is 2.30. The van der Waals surface area contributed by atoms with Crippen LogP contribution in [0.2, 0.25) is 0 Å². The van der Waals surface area contributed by atoms with Crippen molar-refractivity contribution in [1.82, 2.24) is 4.98 Å². The SMILES string of the molecule is Cc1cc(N)cnc1N(CCC(C)C)CCC(C)C. The standard InChI is InChI=1S/C16H29N3/c1-12(2)6-8-19(9-7-13(3)4)16-14(5)10-15(17)11-18-16/h10-13H,6-9,17H2,1-5H3. The van der Waals surface area contributed by atoms with E-state index in [1.807, 2.05) is 6.07 Å². The Kier molecular flexibility index (Phi) is 6.13. The number of hydrogen-bond donors (Lipinski definition) is 1. The van der Waals surface area contributed by atoms with Crippen molar-refractivity contribution in [3.8, 4) is 0 Å². The van der Waals surface area contributed by atoms with Gasteiger partial charge in [0.2, 0.25) is 0 Å². The first kappa shape index (κ1) is 15.8. The molecular weight excluding hydrogens is 234 g/mol. The summed E-state index contributed by atoms with van der Waals surface area (Å²) >= 11 is 0. The largest absolute Gasteiger partial charge is 0.397 e. The lowest BCUT2D eigenvalue weighted by Crippen LogP contribution is -2.29. The minimum absolute atomic E-state index is 0.718. The number of nitrogens with two attached hydrogens (primary N) is 1. The zero-order valence-corrected chi connectivity index (χ0v) is 13.1. The van der Waals surface area contributed by atoms with E-state index in [1.165, 1.54) is 18.4 Å². The first-order chi connectivity index (χ1) is 8.90. The highest BCUT2D eigenvalue weighted by Gasteiger charge is 2.12. The topological polar surface area (TPSA) is 42.1 Å². The first-order valence-corrected chi connectivity index (χ1v) is 7.37. The number of hydrogen-bond acceptors (Lipinski definition) is 3. The van der Waals surface area contributed by atoms with Crippen LogP contribution >= 0.6 is 0 Å². The second kappa shape index (κ2) is 7.37. The van der Waals surface area contributed by atoms with E-state index in [0.717, 1.165) is 36.4 Å². The molecule has 0 aromatic carbocycles. The van der Waals surface area contributed by atoms with Gasteiger partial charge in [-0.05, 0) is 43.2 Å². The van der Waals surface area contributed by atoms with Crippen molar-refractivity contribution >= 4 is 11.5 Å². The van der Waals surface area contributed by atoms with Gasteiger partial charge in [0.05, 0.1) is 11.9 Å². The molecule has 1 aromatic rings. The van der Waals surface area contributed by atoms with E-state index in [4.69, 9.17) is 5.73 Å². The molecular formula is C16H29N3. The number of anilines is 2. The summed E-state index contributed by atoms with van der Waals surface area (Å²) in [5.74, 6) is 2.53. The number of aryl methyl sites for hydroxylation is 1. The van der Waals surface area contributed by atoms with Crippen molar-refractivity contribution in [2.24, 2.45) is 11.8 Å². The van der Waals surface area contributed by atoms with E-state index in [0.29, 0.717) is 0 Å². The van der Waals surface area contributed by atoms with Crippen molar-refractivity contribution < 1.29 is 0 Å². The van der Waals surface area contributed by atoms with Crippen molar-refractivity contribution in [2.45, 2.75) is 47.5 Å². The summed E-state index contributed by atoms with van der Waals surface area (Å²) in [6.45, 7) is 13.3. The van der Waals surface area contributed by atoms with Gasteiger partial charge in [0, 0.05) is 13.1 Å². The second-order valence-corrected chi connectivity index (χ2v) is 6.26. The van der Waals surface area contributed by atoms with Gasteiger partial charge in [-0.15, -0.1) is 0 Å². The summed E-state index contributed by atoms with van der Waals surface area (Å²) in [7, 11) is 0. The van der Waals surface area contributed by atoms with E-state index >= 15 is 0 Å². The maximum atomic E-state index is 5.79. The van der Waals surface area contributed by atoms with Gasteiger partial charge < -0.3 is 10.6 Å². The van der Waals surface area contributed by atoms with Crippen LogP contribution in [-0.2, 0) is 0 Å². The van der Waals surface area contributed by atoms with Crippen LogP contribution in [0.25, 0.3) is 0 Å². The van der Waals surface area contributed by atoms with E-state index in [2.05, 4.69) is 44.5 Å². The zero-order valence-electron chi connectivity index (χ0n) is 13.1. The molecule has 0 saturated carbocycles. The van der Waals surface area contributed by atoms with E-state index in [-0.39, 0.29) is 0 Å². The summed E-state index contributed by atoms with van der Waals surface area (Å²) in [5, 5.41) is 0. The van der Waals surface area contributed by atoms with E-state index in [9.17, 15) is 0 Å². The number of rotatable bonds is 7. The molecule has 1 aromatic heterocycles. The molecule has 1 heterocycles. The highest BCUT2D eigenvalue weighted by molar-refractivity contribution is 5.52. The van der Waals surface area contributed by atoms with Crippen LogP contribution < -0.4 is 10.6 Å². The van der Waals surface area contributed by atoms with Crippen molar-refractivity contribution in [2.75, 3.05) is 23.7 Å². The Hall–Kier alpha value is -1.25. The monoisotopic (exact) mass is 263 g/mol. The molecule has 0 saturated heterocycles. The zero-order chi connectivity index (χ0) is 14.4. The average molecular weight is 263 g/mol. The van der Waals surface area contributed by atoms with Crippen LogP contribution in [0.15, 0.2) is 12.3 Å². The Morgan fingerprint density at radius 2 is 1.63 bits per heavy atom. The van der Waals surface area contributed by atoms with Crippen LogP contribution in [0, 0.1) is 18.8 Å². The fourth-order valence-corrected chi connectivity index (χ4v) is 2.07. The van der Waals surface area contributed by atoms with Crippen LogP contribution in [-0.4, -0.2) is 18.1 Å². The molecule has 0 amide bonds. The summed E-state index contributed by atoms with van der Waals surface area (Å²) in [6.07, 6.45) is 4.16. The summed E-state index contributed by atoms with van der Waals surface area (Å²) in [5.41, 5.74) is 7.71. The third-order valence-electron chi connectivity index (χ3n) is 3.32. The Bertz CT molecular complexity index is 374. The van der Waals surface area contributed by atoms with Gasteiger partial charge in [0.1, 0.15) is 5.82 Å². The normalized spacial score (nSPS) is 11.3.